The van der Waals surface area contributed by atoms with Crippen LogP contribution in [0.15, 0.2) is 109 Å². The van der Waals surface area contributed by atoms with E-state index in [4.69, 9.17) is 4.18 Å². The lowest BCUT2D eigenvalue weighted by Crippen LogP contribution is -2.44. The number of carbonyl (C=O) groups is 2. The largest absolute Gasteiger partial charge is 0.377 e. The Bertz CT molecular complexity index is 1800. The van der Waals surface area contributed by atoms with Gasteiger partial charge >= 0.3 is 10.1 Å². The van der Waals surface area contributed by atoms with Crippen LogP contribution in [0.25, 0.3) is 0 Å². The normalized spacial score (nSPS) is 19.8. The predicted octanol–water partition coefficient (Wildman–Crippen LogP) is 8.87. The van der Waals surface area contributed by atoms with Crippen LogP contribution in [-0.2, 0) is 26.3 Å². The zero-order chi connectivity index (χ0) is 32.3. The topological polar surface area (TPSA) is 80.8 Å². The summed E-state index contributed by atoms with van der Waals surface area (Å²) in [5.41, 5.74) is 4.58. The zero-order valence-corrected chi connectivity index (χ0v) is 29.7. The third kappa shape index (κ3) is 6.23. The molecule has 6 rings (SSSR count). The molecule has 0 amide bonds. The molecule has 3 aromatic rings. The van der Waals surface area contributed by atoms with Crippen molar-refractivity contribution in [1.29, 1.82) is 0 Å². The third-order valence-corrected chi connectivity index (χ3v) is 11.2. The Morgan fingerprint density at radius 2 is 1.22 bits per heavy atom. The summed E-state index contributed by atoms with van der Waals surface area (Å²) in [5, 5.41) is 0. The van der Waals surface area contributed by atoms with Crippen LogP contribution in [-0.4, -0.2) is 24.9 Å². The van der Waals surface area contributed by atoms with E-state index in [0.717, 1.165) is 22.5 Å². The van der Waals surface area contributed by atoms with Gasteiger partial charge in [-0.25, -0.2) is 0 Å². The van der Waals surface area contributed by atoms with E-state index in [9.17, 15) is 18.0 Å². The van der Waals surface area contributed by atoms with Crippen molar-refractivity contribution in [3.63, 3.8) is 0 Å². The molecule has 1 heterocycles. The summed E-state index contributed by atoms with van der Waals surface area (Å²) < 4.78 is 32.6. The maximum atomic E-state index is 14.2. The summed E-state index contributed by atoms with van der Waals surface area (Å²) in [7, 11) is -4.11. The lowest BCUT2D eigenvalue weighted by Gasteiger charge is -2.49. The average molecular weight is 754 g/mol. The molecule has 0 N–H and O–H groups in total. The first kappa shape index (κ1) is 32.0. The molecule has 3 aromatic carbocycles. The second kappa shape index (κ2) is 11.7. The summed E-state index contributed by atoms with van der Waals surface area (Å²) >= 11 is 7.11. The van der Waals surface area contributed by atoms with Crippen LogP contribution in [0.2, 0.25) is 0 Å². The van der Waals surface area contributed by atoms with Gasteiger partial charge in [-0.3, -0.25) is 9.59 Å². The molecule has 0 saturated carbocycles. The fraction of sp³-hybridized carbons (Fsp3) is 0.333. The minimum Gasteiger partial charge on any atom is -0.377 e. The molecule has 234 valence electrons. The van der Waals surface area contributed by atoms with Crippen molar-refractivity contribution in [1.82, 2.24) is 4.90 Å². The Labute approximate surface area is 281 Å². The molecule has 45 heavy (non-hydrogen) atoms. The first-order chi connectivity index (χ1) is 21.2. The van der Waals surface area contributed by atoms with Gasteiger partial charge in [0.1, 0.15) is 4.90 Å². The van der Waals surface area contributed by atoms with Crippen molar-refractivity contribution in [3.05, 3.63) is 115 Å². The molecule has 3 aliphatic rings. The van der Waals surface area contributed by atoms with Crippen LogP contribution < -0.4 is 4.18 Å². The average Bonchev–Trinajstić information content (AvgIpc) is 2.95. The van der Waals surface area contributed by atoms with Crippen LogP contribution in [0.4, 0.5) is 0 Å². The van der Waals surface area contributed by atoms with E-state index in [1.165, 1.54) is 12.1 Å². The molecule has 0 radical (unpaired) electrons. The van der Waals surface area contributed by atoms with Gasteiger partial charge in [-0.15, -0.1) is 0 Å². The summed E-state index contributed by atoms with van der Waals surface area (Å²) in [5.74, 6) is -0.415. The molecule has 0 spiro atoms. The van der Waals surface area contributed by atoms with Gasteiger partial charge in [0.05, 0.1) is 8.95 Å². The molecule has 1 aliphatic heterocycles. The summed E-state index contributed by atoms with van der Waals surface area (Å²) in [6.45, 7) is 9.05. The van der Waals surface area contributed by atoms with E-state index >= 15 is 0 Å². The first-order valence-electron chi connectivity index (χ1n) is 15.0. The maximum Gasteiger partial charge on any atom is 0.339 e. The number of benzene rings is 3. The Kier molecular flexibility index (Phi) is 8.28. The van der Waals surface area contributed by atoms with Crippen LogP contribution in [0.5, 0.6) is 5.75 Å². The first-order valence-corrected chi connectivity index (χ1v) is 18.0. The fourth-order valence-corrected chi connectivity index (χ4v) is 9.49. The molecule has 0 fully saturated rings. The fourth-order valence-electron chi connectivity index (χ4n) is 6.91. The number of halogens is 2. The second-order valence-electron chi connectivity index (χ2n) is 13.8. The SMILES string of the molecule is CC1(C)CC(=O)C2=C(C1)N(Cc1ccccc1)C1=C(C(=O)CC(C)(C)C1)C2c1cc(Br)c(OS(=O)(=O)c2ccccc2)c(Br)c1. The molecule has 0 saturated heterocycles. The molecule has 0 aromatic heterocycles. The number of carbonyl (C=O) groups excluding carboxylic acids is 2. The second-order valence-corrected chi connectivity index (χ2v) is 17.0. The smallest absolute Gasteiger partial charge is 0.339 e. The van der Waals surface area contributed by atoms with Gasteiger partial charge in [-0.05, 0) is 90.9 Å². The lowest BCUT2D eigenvalue weighted by atomic mass is 9.63. The molecule has 0 bridgehead atoms. The zero-order valence-electron chi connectivity index (χ0n) is 25.7. The highest BCUT2D eigenvalue weighted by molar-refractivity contribution is 9.11. The third-order valence-electron chi connectivity index (χ3n) is 8.78. The summed E-state index contributed by atoms with van der Waals surface area (Å²) in [6, 6.07) is 21.7. The van der Waals surface area contributed by atoms with E-state index in [2.05, 4.69) is 76.6 Å². The summed E-state index contributed by atoms with van der Waals surface area (Å²) in [6.07, 6.45) is 2.15. The number of hydrogen-bond acceptors (Lipinski definition) is 6. The Balaban J connectivity index is 1.52. The van der Waals surface area contributed by atoms with Crippen LogP contribution in [0.3, 0.4) is 0 Å². The number of rotatable bonds is 6. The van der Waals surface area contributed by atoms with Gasteiger partial charge in [-0.1, -0.05) is 76.2 Å². The van der Waals surface area contributed by atoms with Gasteiger partial charge in [0.2, 0.25) is 0 Å². The monoisotopic (exact) mass is 751 g/mol. The van der Waals surface area contributed by atoms with Gasteiger partial charge in [0, 0.05) is 47.8 Å². The quantitative estimate of drug-likeness (QED) is 0.234. The minimum absolute atomic E-state index is 0.0349. The highest BCUT2D eigenvalue weighted by Gasteiger charge is 2.49. The lowest BCUT2D eigenvalue weighted by molar-refractivity contribution is -0.119. The van der Waals surface area contributed by atoms with E-state index < -0.39 is 16.0 Å². The van der Waals surface area contributed by atoms with Crippen molar-refractivity contribution < 1.29 is 22.2 Å². The van der Waals surface area contributed by atoms with Crippen LogP contribution in [0, 0.1) is 10.8 Å². The van der Waals surface area contributed by atoms with Crippen LogP contribution >= 0.6 is 31.9 Å². The van der Waals surface area contributed by atoms with Crippen molar-refractivity contribution in [2.45, 2.75) is 70.7 Å². The van der Waals surface area contributed by atoms with Gasteiger partial charge in [0.25, 0.3) is 0 Å². The summed E-state index contributed by atoms with van der Waals surface area (Å²) in [4.78, 5) is 30.6. The Hall–Kier alpha value is -3.01. The molecule has 9 heteroatoms. The number of hydrogen-bond donors (Lipinski definition) is 0. The van der Waals surface area contributed by atoms with Gasteiger partial charge in [-0.2, -0.15) is 8.42 Å². The molecule has 2 aliphatic carbocycles. The van der Waals surface area contributed by atoms with E-state index in [0.29, 0.717) is 52.3 Å². The predicted molar refractivity (Wildman–Crippen MR) is 181 cm³/mol. The minimum atomic E-state index is -4.11. The Morgan fingerprint density at radius 1 is 0.756 bits per heavy atom. The number of ketones is 2. The van der Waals surface area contributed by atoms with Gasteiger partial charge in [0.15, 0.2) is 17.3 Å². The van der Waals surface area contributed by atoms with Crippen molar-refractivity contribution >= 4 is 53.5 Å². The van der Waals surface area contributed by atoms with E-state index in [1.54, 1.807) is 30.3 Å². The van der Waals surface area contributed by atoms with Crippen molar-refractivity contribution in [3.8, 4) is 5.75 Å². The maximum absolute atomic E-state index is 14.2. The Morgan fingerprint density at radius 3 is 1.71 bits per heavy atom. The number of allylic oxidation sites excluding steroid dienone is 4. The molecule has 6 nitrogen and oxygen atoms in total. The number of Topliss-reactive ketones (excluding diaryl/α,β-unsaturated/α-hetero) is 2. The van der Waals surface area contributed by atoms with Crippen molar-refractivity contribution in [2.75, 3.05) is 0 Å². The van der Waals surface area contributed by atoms with Crippen LogP contribution in [0.1, 0.15) is 70.4 Å². The molecule has 0 atom stereocenters. The molecular weight excluding hydrogens is 718 g/mol. The highest BCUT2D eigenvalue weighted by atomic mass is 79.9. The number of nitrogens with zero attached hydrogens (tertiary/aromatic N) is 1. The van der Waals surface area contributed by atoms with Crippen molar-refractivity contribution in [2.24, 2.45) is 10.8 Å². The molecular formula is C36H35Br2NO5S. The van der Waals surface area contributed by atoms with E-state index in [1.807, 2.05) is 18.2 Å². The van der Waals surface area contributed by atoms with Gasteiger partial charge < -0.3 is 9.08 Å². The standard InChI is InChI=1S/C36H35Br2NO5S/c1-35(2)17-27-32(29(40)19-35)31(23-15-25(37)34(26(38)16-23)44-45(42,43)24-13-9-6-10-14-24)33-28(18-36(3,4)20-30(33)41)39(27)21-22-11-7-5-8-12-22/h5-16,31H,17-21H2,1-4H3. The highest BCUT2D eigenvalue weighted by Crippen LogP contribution is 2.55. The molecule has 0 unspecified atom stereocenters. The van der Waals surface area contributed by atoms with E-state index in [-0.39, 0.29) is 33.0 Å².